The lowest BCUT2D eigenvalue weighted by Gasteiger charge is -2.03. The number of fused-ring (bicyclic) bond motifs is 1. The van der Waals surface area contributed by atoms with Crippen molar-refractivity contribution < 1.29 is 9.21 Å². The monoisotopic (exact) mass is 258 g/mol. The fourth-order valence-electron chi connectivity index (χ4n) is 2.29. The Balaban J connectivity index is 1.58. The van der Waals surface area contributed by atoms with E-state index in [1.54, 1.807) is 6.26 Å². The Kier molecular flexibility index (Phi) is 3.15. The highest BCUT2D eigenvalue weighted by Crippen LogP contribution is 2.32. The van der Waals surface area contributed by atoms with Crippen LogP contribution in [0.5, 0.6) is 0 Å². The molecule has 0 aliphatic heterocycles. The van der Waals surface area contributed by atoms with Crippen LogP contribution in [-0.4, -0.2) is 12.5 Å². The van der Waals surface area contributed by atoms with Gasteiger partial charge in [-0.2, -0.15) is 0 Å². The van der Waals surface area contributed by atoms with Crippen LogP contribution in [0.3, 0.4) is 0 Å². The minimum atomic E-state index is 0.162. The minimum Gasteiger partial charge on any atom is -0.464 e. The van der Waals surface area contributed by atoms with Gasteiger partial charge in [-0.05, 0) is 43.4 Å². The van der Waals surface area contributed by atoms with E-state index in [1.807, 2.05) is 18.2 Å². The molecule has 1 amide bonds. The highest BCUT2D eigenvalue weighted by atomic mass is 16.3. The third-order valence-electron chi connectivity index (χ3n) is 3.57. The fraction of sp³-hybridized carbons (Fsp3) is 0.400. The van der Waals surface area contributed by atoms with Gasteiger partial charge in [-0.25, -0.2) is 0 Å². The lowest BCUT2D eigenvalue weighted by molar-refractivity contribution is -0.121. The van der Waals surface area contributed by atoms with Gasteiger partial charge in [0.05, 0.1) is 6.26 Å². The standard InChI is InChI=1S/C15H18N2O2/c16-12-3-4-14-13(8-12)11(9-19-14)5-6-17-15(18)7-10-1-2-10/h3-4,8-10H,1-2,5-7,16H2,(H,17,18). The molecule has 0 radical (unpaired) electrons. The number of hydrogen-bond donors (Lipinski definition) is 2. The molecule has 3 rings (SSSR count). The zero-order valence-corrected chi connectivity index (χ0v) is 10.8. The summed E-state index contributed by atoms with van der Waals surface area (Å²) in [6, 6.07) is 5.62. The van der Waals surface area contributed by atoms with Crippen molar-refractivity contribution in [3.05, 3.63) is 30.0 Å². The number of rotatable bonds is 5. The van der Waals surface area contributed by atoms with Crippen molar-refractivity contribution in [3.8, 4) is 0 Å². The summed E-state index contributed by atoms with van der Waals surface area (Å²) >= 11 is 0. The number of nitrogens with one attached hydrogen (secondary N) is 1. The van der Waals surface area contributed by atoms with Gasteiger partial charge in [0, 0.05) is 29.6 Å². The molecular formula is C15H18N2O2. The van der Waals surface area contributed by atoms with Gasteiger partial charge in [0.15, 0.2) is 0 Å². The number of nitrogen functional groups attached to an aromatic ring is 1. The van der Waals surface area contributed by atoms with E-state index in [9.17, 15) is 4.79 Å². The summed E-state index contributed by atoms with van der Waals surface area (Å²) in [5.41, 5.74) is 8.44. The third kappa shape index (κ3) is 2.89. The van der Waals surface area contributed by atoms with Crippen molar-refractivity contribution in [1.82, 2.24) is 5.32 Å². The summed E-state index contributed by atoms with van der Waals surface area (Å²) in [5, 5.41) is 4.00. The van der Waals surface area contributed by atoms with Crippen molar-refractivity contribution >= 4 is 22.6 Å². The molecule has 1 aromatic heterocycles. The Labute approximate surface area is 112 Å². The van der Waals surface area contributed by atoms with Gasteiger partial charge >= 0.3 is 0 Å². The summed E-state index contributed by atoms with van der Waals surface area (Å²) in [7, 11) is 0. The maximum absolute atomic E-state index is 11.6. The Hall–Kier alpha value is -1.97. The van der Waals surface area contributed by atoms with Gasteiger partial charge in [-0.3, -0.25) is 4.79 Å². The van der Waals surface area contributed by atoms with Crippen LogP contribution in [0.15, 0.2) is 28.9 Å². The van der Waals surface area contributed by atoms with E-state index in [0.29, 0.717) is 18.9 Å². The molecule has 4 nitrogen and oxygen atoms in total. The zero-order valence-electron chi connectivity index (χ0n) is 10.8. The summed E-state index contributed by atoms with van der Waals surface area (Å²) < 4.78 is 5.47. The van der Waals surface area contributed by atoms with Crippen molar-refractivity contribution in [1.29, 1.82) is 0 Å². The molecule has 100 valence electrons. The van der Waals surface area contributed by atoms with E-state index < -0.39 is 0 Å². The smallest absolute Gasteiger partial charge is 0.220 e. The first-order chi connectivity index (χ1) is 9.22. The van der Waals surface area contributed by atoms with E-state index in [4.69, 9.17) is 10.2 Å². The number of carbonyl (C=O) groups is 1. The quantitative estimate of drug-likeness (QED) is 0.809. The highest BCUT2D eigenvalue weighted by Gasteiger charge is 2.24. The van der Waals surface area contributed by atoms with Crippen molar-refractivity contribution in [3.63, 3.8) is 0 Å². The average molecular weight is 258 g/mol. The van der Waals surface area contributed by atoms with Crippen LogP contribution in [0.1, 0.15) is 24.8 Å². The Bertz CT molecular complexity index is 599. The van der Waals surface area contributed by atoms with Crippen LogP contribution in [0.4, 0.5) is 5.69 Å². The summed E-state index contributed by atoms with van der Waals surface area (Å²) in [6.45, 7) is 0.648. The Morgan fingerprint density at radius 1 is 1.42 bits per heavy atom. The van der Waals surface area contributed by atoms with Crippen LogP contribution >= 0.6 is 0 Å². The molecule has 0 atom stereocenters. The molecule has 2 aromatic rings. The number of hydrogen-bond acceptors (Lipinski definition) is 3. The van der Waals surface area contributed by atoms with Crippen molar-refractivity contribution in [2.24, 2.45) is 5.92 Å². The van der Waals surface area contributed by atoms with E-state index in [1.165, 1.54) is 12.8 Å². The number of anilines is 1. The molecule has 19 heavy (non-hydrogen) atoms. The lowest BCUT2D eigenvalue weighted by Crippen LogP contribution is -2.25. The van der Waals surface area contributed by atoms with Crippen LogP contribution in [0.2, 0.25) is 0 Å². The summed E-state index contributed by atoms with van der Waals surface area (Å²) in [6.07, 6.45) is 5.61. The third-order valence-corrected chi connectivity index (χ3v) is 3.57. The number of carbonyl (C=O) groups excluding carboxylic acids is 1. The molecule has 1 aliphatic rings. The molecule has 0 saturated heterocycles. The molecule has 4 heteroatoms. The predicted molar refractivity (Wildman–Crippen MR) is 74.7 cm³/mol. The molecule has 1 aromatic carbocycles. The molecule has 1 saturated carbocycles. The molecule has 0 unspecified atom stereocenters. The zero-order chi connectivity index (χ0) is 13.2. The maximum Gasteiger partial charge on any atom is 0.220 e. The number of furan rings is 1. The number of amides is 1. The highest BCUT2D eigenvalue weighted by molar-refractivity contribution is 5.84. The van der Waals surface area contributed by atoms with Gasteiger partial charge in [-0.1, -0.05) is 0 Å². The SMILES string of the molecule is Nc1ccc2occ(CCNC(=O)CC3CC3)c2c1. The van der Waals surface area contributed by atoms with Crippen molar-refractivity contribution in [2.75, 3.05) is 12.3 Å². The van der Waals surface area contributed by atoms with Crippen LogP contribution < -0.4 is 11.1 Å². The molecule has 1 heterocycles. The largest absolute Gasteiger partial charge is 0.464 e. The minimum absolute atomic E-state index is 0.162. The molecule has 0 spiro atoms. The second-order valence-corrected chi connectivity index (χ2v) is 5.26. The fourth-order valence-corrected chi connectivity index (χ4v) is 2.29. The van der Waals surface area contributed by atoms with Gasteiger partial charge < -0.3 is 15.5 Å². The second-order valence-electron chi connectivity index (χ2n) is 5.26. The van der Waals surface area contributed by atoms with Gasteiger partial charge in [0.25, 0.3) is 0 Å². The van der Waals surface area contributed by atoms with E-state index >= 15 is 0 Å². The van der Waals surface area contributed by atoms with Crippen LogP contribution in [0.25, 0.3) is 11.0 Å². The predicted octanol–water partition coefficient (Wildman–Crippen LogP) is 2.47. The first-order valence-electron chi connectivity index (χ1n) is 6.74. The van der Waals surface area contributed by atoms with Crippen LogP contribution in [-0.2, 0) is 11.2 Å². The first kappa shape index (κ1) is 12.1. The Morgan fingerprint density at radius 2 is 2.26 bits per heavy atom. The van der Waals surface area contributed by atoms with E-state index in [-0.39, 0.29) is 5.91 Å². The van der Waals surface area contributed by atoms with Crippen molar-refractivity contribution in [2.45, 2.75) is 25.7 Å². The van der Waals surface area contributed by atoms with Gasteiger partial charge in [0.2, 0.25) is 5.91 Å². The lowest BCUT2D eigenvalue weighted by atomic mass is 10.1. The van der Waals surface area contributed by atoms with Gasteiger partial charge in [0.1, 0.15) is 5.58 Å². The van der Waals surface area contributed by atoms with E-state index in [0.717, 1.165) is 28.6 Å². The first-order valence-corrected chi connectivity index (χ1v) is 6.74. The summed E-state index contributed by atoms with van der Waals surface area (Å²) in [5.74, 6) is 0.796. The summed E-state index contributed by atoms with van der Waals surface area (Å²) in [4.78, 5) is 11.6. The molecular weight excluding hydrogens is 240 g/mol. The van der Waals surface area contributed by atoms with E-state index in [2.05, 4.69) is 5.32 Å². The molecule has 3 N–H and O–H groups in total. The number of benzene rings is 1. The van der Waals surface area contributed by atoms with Gasteiger partial charge in [-0.15, -0.1) is 0 Å². The molecule has 1 aliphatic carbocycles. The second kappa shape index (κ2) is 4.96. The average Bonchev–Trinajstić information content (AvgIpc) is 3.10. The van der Waals surface area contributed by atoms with Crippen LogP contribution in [0, 0.1) is 5.92 Å². The maximum atomic E-state index is 11.6. The molecule has 0 bridgehead atoms. The Morgan fingerprint density at radius 3 is 3.05 bits per heavy atom. The normalized spacial score (nSPS) is 14.7. The number of nitrogens with two attached hydrogens (primary N) is 1. The molecule has 1 fully saturated rings. The topological polar surface area (TPSA) is 68.3 Å².